The SMILES string of the molecule is CCCC(C)(C(=O)OCCF)C(C)C. The van der Waals surface area contributed by atoms with Gasteiger partial charge in [0.05, 0.1) is 5.41 Å². The summed E-state index contributed by atoms with van der Waals surface area (Å²) in [6.45, 7) is 7.18. The number of alkyl halides is 1. The monoisotopic (exact) mass is 204 g/mol. The van der Waals surface area contributed by atoms with Gasteiger partial charge in [-0.05, 0) is 19.3 Å². The molecule has 0 aromatic carbocycles. The Labute approximate surface area is 85.8 Å². The zero-order chi connectivity index (χ0) is 11.2. The molecule has 0 saturated heterocycles. The molecule has 0 saturated carbocycles. The fraction of sp³-hybridized carbons (Fsp3) is 0.909. The highest BCUT2D eigenvalue weighted by molar-refractivity contribution is 5.76. The normalized spacial score (nSPS) is 15.3. The molecule has 84 valence electrons. The van der Waals surface area contributed by atoms with Crippen LogP contribution in [0, 0.1) is 11.3 Å². The van der Waals surface area contributed by atoms with Crippen LogP contribution in [0.25, 0.3) is 0 Å². The van der Waals surface area contributed by atoms with Gasteiger partial charge < -0.3 is 4.74 Å². The summed E-state index contributed by atoms with van der Waals surface area (Å²) in [6.07, 6.45) is 1.72. The summed E-state index contributed by atoms with van der Waals surface area (Å²) in [7, 11) is 0. The molecule has 0 aliphatic rings. The lowest BCUT2D eigenvalue weighted by Gasteiger charge is -2.30. The van der Waals surface area contributed by atoms with Gasteiger partial charge in [-0.15, -0.1) is 0 Å². The number of carbonyl (C=O) groups is 1. The molecule has 0 N–H and O–H groups in total. The highest BCUT2D eigenvalue weighted by atomic mass is 19.1. The second-order valence-corrected chi connectivity index (χ2v) is 4.15. The minimum Gasteiger partial charge on any atom is -0.462 e. The van der Waals surface area contributed by atoms with Crippen LogP contribution >= 0.6 is 0 Å². The lowest BCUT2D eigenvalue weighted by Crippen LogP contribution is -2.35. The molecular formula is C11H21FO2. The molecule has 0 heterocycles. The summed E-state index contributed by atoms with van der Waals surface area (Å²) in [5, 5.41) is 0. The first-order chi connectivity index (χ1) is 6.49. The topological polar surface area (TPSA) is 26.3 Å². The molecule has 1 atom stereocenters. The van der Waals surface area contributed by atoms with E-state index in [1.807, 2.05) is 27.7 Å². The largest absolute Gasteiger partial charge is 0.462 e. The van der Waals surface area contributed by atoms with Crippen molar-refractivity contribution in [2.24, 2.45) is 11.3 Å². The van der Waals surface area contributed by atoms with Crippen LogP contribution in [0.2, 0.25) is 0 Å². The number of esters is 1. The lowest BCUT2D eigenvalue weighted by atomic mass is 9.75. The van der Waals surface area contributed by atoms with Gasteiger partial charge in [0.25, 0.3) is 0 Å². The van der Waals surface area contributed by atoms with Crippen LogP contribution in [0.3, 0.4) is 0 Å². The van der Waals surface area contributed by atoms with Gasteiger partial charge in [0, 0.05) is 0 Å². The van der Waals surface area contributed by atoms with Crippen LogP contribution in [-0.2, 0) is 9.53 Å². The molecule has 0 amide bonds. The summed E-state index contributed by atoms with van der Waals surface area (Å²) in [5.74, 6) is -0.0541. The summed E-state index contributed by atoms with van der Waals surface area (Å²) in [4.78, 5) is 11.7. The molecule has 2 nitrogen and oxygen atoms in total. The van der Waals surface area contributed by atoms with Crippen LogP contribution in [0.5, 0.6) is 0 Å². The van der Waals surface area contributed by atoms with Crippen LogP contribution < -0.4 is 0 Å². The highest BCUT2D eigenvalue weighted by Gasteiger charge is 2.37. The molecule has 0 aliphatic carbocycles. The highest BCUT2D eigenvalue weighted by Crippen LogP contribution is 2.33. The standard InChI is InChI=1S/C11H21FO2/c1-5-6-11(4,9(2)3)10(13)14-8-7-12/h9H,5-8H2,1-4H3. The Balaban J connectivity index is 4.39. The lowest BCUT2D eigenvalue weighted by molar-refractivity contribution is -0.158. The zero-order valence-corrected chi connectivity index (χ0v) is 9.60. The maximum atomic E-state index is 11.9. The molecular weight excluding hydrogens is 183 g/mol. The summed E-state index contributed by atoms with van der Waals surface area (Å²) >= 11 is 0. The van der Waals surface area contributed by atoms with Crippen molar-refractivity contribution in [1.82, 2.24) is 0 Å². The molecule has 0 spiro atoms. The fourth-order valence-electron chi connectivity index (χ4n) is 1.44. The molecule has 0 aromatic rings. The Hall–Kier alpha value is -0.600. The van der Waals surface area contributed by atoms with E-state index >= 15 is 0 Å². The van der Waals surface area contributed by atoms with E-state index in [0.717, 1.165) is 12.8 Å². The second kappa shape index (κ2) is 5.99. The zero-order valence-electron chi connectivity index (χ0n) is 9.60. The first kappa shape index (κ1) is 13.4. The van der Waals surface area contributed by atoms with Gasteiger partial charge in [0.1, 0.15) is 13.3 Å². The van der Waals surface area contributed by atoms with Crippen LogP contribution in [-0.4, -0.2) is 19.3 Å². The summed E-state index contributed by atoms with van der Waals surface area (Å²) < 4.78 is 16.7. The molecule has 0 aliphatic heterocycles. The Morgan fingerprint density at radius 1 is 1.50 bits per heavy atom. The number of hydrogen-bond acceptors (Lipinski definition) is 2. The number of ether oxygens (including phenoxy) is 1. The van der Waals surface area contributed by atoms with Gasteiger partial charge in [0.15, 0.2) is 0 Å². The van der Waals surface area contributed by atoms with Crippen molar-refractivity contribution >= 4 is 5.97 Å². The van der Waals surface area contributed by atoms with Crippen molar-refractivity contribution in [2.75, 3.05) is 13.3 Å². The third-order valence-corrected chi connectivity index (χ3v) is 2.82. The molecule has 0 aromatic heterocycles. The summed E-state index contributed by atoms with van der Waals surface area (Å²) in [6, 6.07) is 0. The molecule has 0 rings (SSSR count). The van der Waals surface area contributed by atoms with Gasteiger partial charge in [-0.1, -0.05) is 27.2 Å². The Morgan fingerprint density at radius 3 is 2.43 bits per heavy atom. The first-order valence-electron chi connectivity index (χ1n) is 5.22. The molecule has 1 unspecified atom stereocenters. The van der Waals surface area contributed by atoms with Crippen LogP contribution in [0.4, 0.5) is 4.39 Å². The number of rotatable bonds is 6. The van der Waals surface area contributed by atoms with E-state index in [4.69, 9.17) is 4.74 Å². The average molecular weight is 204 g/mol. The molecule has 3 heteroatoms. The van der Waals surface area contributed by atoms with Crippen molar-refractivity contribution in [3.63, 3.8) is 0 Å². The second-order valence-electron chi connectivity index (χ2n) is 4.15. The van der Waals surface area contributed by atoms with E-state index in [9.17, 15) is 9.18 Å². The van der Waals surface area contributed by atoms with Crippen molar-refractivity contribution < 1.29 is 13.9 Å². The predicted octanol–water partition coefficient (Wildman–Crippen LogP) is 2.96. The van der Waals surface area contributed by atoms with Crippen LogP contribution in [0.1, 0.15) is 40.5 Å². The quantitative estimate of drug-likeness (QED) is 0.622. The van der Waals surface area contributed by atoms with Crippen molar-refractivity contribution in [3.05, 3.63) is 0 Å². The van der Waals surface area contributed by atoms with Gasteiger partial charge in [-0.25, -0.2) is 4.39 Å². The third-order valence-electron chi connectivity index (χ3n) is 2.82. The Morgan fingerprint density at radius 2 is 2.07 bits per heavy atom. The van der Waals surface area contributed by atoms with E-state index in [1.54, 1.807) is 0 Å². The smallest absolute Gasteiger partial charge is 0.312 e. The van der Waals surface area contributed by atoms with E-state index in [0.29, 0.717) is 0 Å². The van der Waals surface area contributed by atoms with Crippen molar-refractivity contribution in [2.45, 2.75) is 40.5 Å². The molecule has 0 radical (unpaired) electrons. The van der Waals surface area contributed by atoms with Gasteiger partial charge >= 0.3 is 5.97 Å². The third kappa shape index (κ3) is 3.28. The summed E-state index contributed by atoms with van der Waals surface area (Å²) in [5.41, 5.74) is -0.468. The Bertz CT molecular complexity index is 180. The van der Waals surface area contributed by atoms with E-state index in [1.165, 1.54) is 0 Å². The van der Waals surface area contributed by atoms with E-state index in [2.05, 4.69) is 0 Å². The van der Waals surface area contributed by atoms with E-state index < -0.39 is 12.1 Å². The predicted molar refractivity (Wildman–Crippen MR) is 54.8 cm³/mol. The number of carbonyl (C=O) groups excluding carboxylic acids is 1. The van der Waals surface area contributed by atoms with Crippen LogP contribution in [0.15, 0.2) is 0 Å². The number of hydrogen-bond donors (Lipinski definition) is 0. The van der Waals surface area contributed by atoms with Gasteiger partial charge in [0.2, 0.25) is 0 Å². The van der Waals surface area contributed by atoms with Crippen molar-refractivity contribution in [1.29, 1.82) is 0 Å². The maximum absolute atomic E-state index is 11.9. The van der Waals surface area contributed by atoms with Crippen molar-refractivity contribution in [3.8, 4) is 0 Å². The number of halogens is 1. The Kier molecular flexibility index (Phi) is 5.73. The first-order valence-corrected chi connectivity index (χ1v) is 5.22. The molecule has 14 heavy (non-hydrogen) atoms. The van der Waals surface area contributed by atoms with E-state index in [-0.39, 0.29) is 18.5 Å². The van der Waals surface area contributed by atoms with Gasteiger partial charge in [-0.3, -0.25) is 4.79 Å². The minimum atomic E-state index is -0.605. The fourth-order valence-corrected chi connectivity index (χ4v) is 1.44. The maximum Gasteiger partial charge on any atom is 0.312 e. The van der Waals surface area contributed by atoms with Gasteiger partial charge in [-0.2, -0.15) is 0 Å². The molecule has 0 fully saturated rings. The average Bonchev–Trinajstić information content (AvgIpc) is 2.14. The minimum absolute atomic E-state index is 0.120. The molecule has 0 bridgehead atoms.